The summed E-state index contributed by atoms with van der Waals surface area (Å²) in [5.74, 6) is -1.26. The van der Waals surface area contributed by atoms with Crippen LogP contribution in [0.5, 0.6) is 5.75 Å². The normalized spacial score (nSPS) is 11.4. The maximum Gasteiger partial charge on any atom is 0.338 e. The quantitative estimate of drug-likeness (QED) is 0.728. The zero-order valence-electron chi connectivity index (χ0n) is 15.4. The van der Waals surface area contributed by atoms with Gasteiger partial charge >= 0.3 is 5.97 Å². The monoisotopic (exact) mass is 370 g/mol. The molecule has 2 rings (SSSR count). The van der Waals surface area contributed by atoms with Crippen LogP contribution in [-0.4, -0.2) is 30.5 Å². The minimum Gasteiger partial charge on any atom is -0.484 e. The minimum atomic E-state index is -0.969. The molecule has 1 atom stereocenters. The summed E-state index contributed by atoms with van der Waals surface area (Å²) in [6.45, 7) is 5.11. The largest absolute Gasteiger partial charge is 0.484 e. The Labute approximate surface area is 157 Å². The van der Waals surface area contributed by atoms with Gasteiger partial charge in [-0.15, -0.1) is 0 Å². The van der Waals surface area contributed by atoms with Gasteiger partial charge in [0.2, 0.25) is 0 Å². The number of hydrogen-bond donors (Lipinski definition) is 2. The first-order valence-corrected chi connectivity index (χ1v) is 8.36. The van der Waals surface area contributed by atoms with Gasteiger partial charge in [-0.25, -0.2) is 4.79 Å². The van der Waals surface area contributed by atoms with Crippen LogP contribution in [0.4, 0.5) is 5.69 Å². The lowest BCUT2D eigenvalue weighted by Gasteiger charge is -2.15. The molecular formula is C20H22N2O5. The van der Waals surface area contributed by atoms with Crippen LogP contribution < -0.4 is 15.8 Å². The average molecular weight is 370 g/mol. The van der Waals surface area contributed by atoms with E-state index in [0.29, 0.717) is 11.4 Å². The molecule has 0 aliphatic heterocycles. The lowest BCUT2D eigenvalue weighted by Crippen LogP contribution is -2.30. The van der Waals surface area contributed by atoms with Crippen LogP contribution in [0.1, 0.15) is 28.4 Å². The number of ether oxygens (including phenoxy) is 2. The molecule has 2 aromatic rings. The second-order valence-electron chi connectivity index (χ2n) is 6.13. The zero-order valence-corrected chi connectivity index (χ0v) is 15.4. The summed E-state index contributed by atoms with van der Waals surface area (Å²) in [5.41, 5.74) is 7.94. The van der Waals surface area contributed by atoms with Crippen molar-refractivity contribution in [1.29, 1.82) is 0 Å². The fraction of sp³-hybridized carbons (Fsp3) is 0.250. The number of anilines is 1. The first-order valence-electron chi connectivity index (χ1n) is 8.36. The molecule has 2 aromatic carbocycles. The van der Waals surface area contributed by atoms with Gasteiger partial charge < -0.3 is 20.5 Å². The third-order valence-corrected chi connectivity index (χ3v) is 3.76. The minimum absolute atomic E-state index is 0.251. The van der Waals surface area contributed by atoms with Gasteiger partial charge in [-0.05, 0) is 56.7 Å². The zero-order chi connectivity index (χ0) is 20.0. The predicted molar refractivity (Wildman–Crippen MR) is 101 cm³/mol. The second-order valence-corrected chi connectivity index (χ2v) is 6.13. The fourth-order valence-electron chi connectivity index (χ4n) is 2.31. The highest BCUT2D eigenvalue weighted by molar-refractivity contribution is 5.97. The number of hydrogen-bond acceptors (Lipinski definition) is 5. The average Bonchev–Trinajstić information content (AvgIpc) is 2.62. The van der Waals surface area contributed by atoms with E-state index in [4.69, 9.17) is 15.2 Å². The van der Waals surface area contributed by atoms with Crippen molar-refractivity contribution in [3.63, 3.8) is 0 Å². The topological polar surface area (TPSA) is 108 Å². The summed E-state index contributed by atoms with van der Waals surface area (Å²) in [5, 5.41) is 2.75. The summed E-state index contributed by atoms with van der Waals surface area (Å²) >= 11 is 0. The summed E-state index contributed by atoms with van der Waals surface area (Å²) < 4.78 is 10.3. The van der Waals surface area contributed by atoms with Gasteiger partial charge in [0.1, 0.15) is 5.75 Å². The Morgan fingerprint density at radius 3 is 2.33 bits per heavy atom. The number of esters is 1. The highest BCUT2D eigenvalue weighted by Crippen LogP contribution is 2.17. The number of rotatable bonds is 7. The Morgan fingerprint density at radius 2 is 1.74 bits per heavy atom. The van der Waals surface area contributed by atoms with Crippen molar-refractivity contribution in [2.45, 2.75) is 26.9 Å². The molecule has 0 fully saturated rings. The van der Waals surface area contributed by atoms with Crippen LogP contribution in [0, 0.1) is 13.8 Å². The Balaban J connectivity index is 1.93. The van der Waals surface area contributed by atoms with Crippen LogP contribution in [0.3, 0.4) is 0 Å². The fourth-order valence-corrected chi connectivity index (χ4v) is 2.31. The standard InChI is InChI=1S/C20H22N2O5/c1-12-4-9-17(13(2)10-12)22-19(24)14(3)27-20(25)15-5-7-16(8-6-15)26-11-18(21)23/h4-10,14H,11H2,1-3H3,(H2,21,23)(H,22,24)/t14-/m0/s1. The Kier molecular flexibility index (Phi) is 6.54. The molecule has 0 radical (unpaired) electrons. The molecule has 142 valence electrons. The number of benzene rings is 2. The van der Waals surface area contributed by atoms with E-state index in [1.807, 2.05) is 32.0 Å². The molecule has 0 unspecified atom stereocenters. The molecule has 0 aromatic heterocycles. The Morgan fingerprint density at radius 1 is 1.07 bits per heavy atom. The third-order valence-electron chi connectivity index (χ3n) is 3.76. The van der Waals surface area contributed by atoms with Gasteiger partial charge in [0.05, 0.1) is 5.56 Å². The first kappa shape index (κ1) is 20.0. The highest BCUT2D eigenvalue weighted by Gasteiger charge is 2.19. The molecule has 0 aliphatic rings. The maximum absolute atomic E-state index is 12.3. The predicted octanol–water partition coefficient (Wildman–Crippen LogP) is 2.35. The smallest absolute Gasteiger partial charge is 0.338 e. The summed E-state index contributed by atoms with van der Waals surface area (Å²) in [6, 6.07) is 11.6. The van der Waals surface area contributed by atoms with E-state index in [1.54, 1.807) is 0 Å². The van der Waals surface area contributed by atoms with Crippen molar-refractivity contribution in [3.05, 3.63) is 59.2 Å². The molecule has 0 aliphatic carbocycles. The molecular weight excluding hydrogens is 348 g/mol. The van der Waals surface area contributed by atoms with E-state index >= 15 is 0 Å². The first-order chi connectivity index (χ1) is 12.8. The summed E-state index contributed by atoms with van der Waals surface area (Å²) in [6.07, 6.45) is -0.969. The molecule has 0 bridgehead atoms. The lowest BCUT2D eigenvalue weighted by molar-refractivity contribution is -0.123. The molecule has 27 heavy (non-hydrogen) atoms. The van der Waals surface area contributed by atoms with Crippen molar-refractivity contribution < 1.29 is 23.9 Å². The number of carbonyl (C=O) groups is 3. The third kappa shape index (κ3) is 5.85. The number of carbonyl (C=O) groups excluding carboxylic acids is 3. The highest BCUT2D eigenvalue weighted by atomic mass is 16.5. The number of primary amides is 1. The van der Waals surface area contributed by atoms with Gasteiger partial charge in [0.15, 0.2) is 12.7 Å². The number of amides is 2. The van der Waals surface area contributed by atoms with Crippen LogP contribution in [-0.2, 0) is 14.3 Å². The molecule has 7 nitrogen and oxygen atoms in total. The second kappa shape index (κ2) is 8.84. The van der Waals surface area contributed by atoms with E-state index in [2.05, 4.69) is 5.32 Å². The lowest BCUT2D eigenvalue weighted by atomic mass is 10.1. The van der Waals surface area contributed by atoms with E-state index < -0.39 is 23.9 Å². The Bertz CT molecular complexity index is 846. The van der Waals surface area contributed by atoms with E-state index in [1.165, 1.54) is 31.2 Å². The van der Waals surface area contributed by atoms with Gasteiger partial charge in [0.25, 0.3) is 11.8 Å². The Hall–Kier alpha value is -3.35. The number of aryl methyl sites for hydroxylation is 2. The van der Waals surface area contributed by atoms with Gasteiger partial charge in [-0.1, -0.05) is 17.7 Å². The van der Waals surface area contributed by atoms with Gasteiger partial charge in [0, 0.05) is 5.69 Å². The van der Waals surface area contributed by atoms with Crippen molar-refractivity contribution in [2.24, 2.45) is 5.73 Å². The number of nitrogens with one attached hydrogen (secondary N) is 1. The van der Waals surface area contributed by atoms with Gasteiger partial charge in [-0.3, -0.25) is 9.59 Å². The van der Waals surface area contributed by atoms with Crippen LogP contribution in [0.15, 0.2) is 42.5 Å². The summed E-state index contributed by atoms with van der Waals surface area (Å²) in [7, 11) is 0. The van der Waals surface area contributed by atoms with Crippen molar-refractivity contribution in [1.82, 2.24) is 0 Å². The molecule has 0 heterocycles. The van der Waals surface area contributed by atoms with Crippen LogP contribution in [0.2, 0.25) is 0 Å². The molecule has 7 heteroatoms. The molecule has 0 saturated carbocycles. The van der Waals surface area contributed by atoms with E-state index in [-0.39, 0.29) is 12.2 Å². The number of nitrogens with two attached hydrogens (primary N) is 1. The molecule has 0 saturated heterocycles. The molecule has 3 N–H and O–H groups in total. The van der Waals surface area contributed by atoms with Gasteiger partial charge in [-0.2, -0.15) is 0 Å². The van der Waals surface area contributed by atoms with Crippen LogP contribution >= 0.6 is 0 Å². The van der Waals surface area contributed by atoms with Crippen molar-refractivity contribution in [3.8, 4) is 5.75 Å². The van der Waals surface area contributed by atoms with Crippen LogP contribution in [0.25, 0.3) is 0 Å². The SMILES string of the molecule is Cc1ccc(NC(=O)[C@H](C)OC(=O)c2ccc(OCC(N)=O)cc2)c(C)c1. The van der Waals surface area contributed by atoms with Crippen molar-refractivity contribution in [2.75, 3.05) is 11.9 Å². The maximum atomic E-state index is 12.3. The summed E-state index contributed by atoms with van der Waals surface area (Å²) in [4.78, 5) is 35.1. The van der Waals surface area contributed by atoms with Crippen molar-refractivity contribution >= 4 is 23.5 Å². The van der Waals surface area contributed by atoms with E-state index in [9.17, 15) is 14.4 Å². The molecule has 2 amide bonds. The van der Waals surface area contributed by atoms with E-state index in [0.717, 1.165) is 11.1 Å². The molecule has 0 spiro atoms.